The lowest BCUT2D eigenvalue weighted by atomic mass is 10.0. The van der Waals surface area contributed by atoms with Crippen molar-refractivity contribution in [3.05, 3.63) is 42.0 Å². The molecular formula is C14H14BrNO4. The number of carbonyl (C=O) groups is 2. The zero-order valence-corrected chi connectivity index (χ0v) is 12.2. The zero-order chi connectivity index (χ0) is 14.7. The third kappa shape index (κ3) is 2.98. The molecule has 1 aliphatic rings. The van der Waals surface area contributed by atoms with Crippen LogP contribution < -0.4 is 4.90 Å². The summed E-state index contributed by atoms with van der Waals surface area (Å²) in [5.41, 5.74) is 0.977. The standard InChI is InChI=1S/C14H14BrNO4/c15-8-7-11(17)14(20)9-1-3-10(4-2-9)16-12(18)5-6-13(16)19/h1-6,11,14,17,20H,7-8H2. The molecule has 0 spiro atoms. The van der Waals surface area contributed by atoms with E-state index in [9.17, 15) is 19.8 Å². The third-order valence-electron chi connectivity index (χ3n) is 3.07. The number of carbonyl (C=O) groups excluding carboxylic acids is 2. The first-order valence-corrected chi connectivity index (χ1v) is 7.25. The summed E-state index contributed by atoms with van der Waals surface area (Å²) in [5.74, 6) is -0.773. The summed E-state index contributed by atoms with van der Waals surface area (Å²) in [6, 6.07) is 6.33. The van der Waals surface area contributed by atoms with Gasteiger partial charge in [0.25, 0.3) is 11.8 Å². The van der Waals surface area contributed by atoms with Crippen LogP contribution in [-0.2, 0) is 9.59 Å². The Kier molecular flexibility index (Phi) is 4.69. The minimum atomic E-state index is -0.996. The Labute approximate surface area is 124 Å². The lowest BCUT2D eigenvalue weighted by molar-refractivity contribution is -0.119. The fourth-order valence-corrected chi connectivity index (χ4v) is 2.44. The average Bonchev–Trinajstić information content (AvgIpc) is 2.78. The summed E-state index contributed by atoms with van der Waals surface area (Å²) in [7, 11) is 0. The van der Waals surface area contributed by atoms with Gasteiger partial charge in [0, 0.05) is 17.5 Å². The number of halogens is 1. The van der Waals surface area contributed by atoms with Crippen molar-refractivity contribution in [3.63, 3.8) is 0 Å². The smallest absolute Gasteiger partial charge is 0.258 e. The first-order valence-electron chi connectivity index (χ1n) is 6.13. The first kappa shape index (κ1) is 14.9. The van der Waals surface area contributed by atoms with Crippen molar-refractivity contribution in [2.24, 2.45) is 0 Å². The predicted molar refractivity (Wildman–Crippen MR) is 77.5 cm³/mol. The van der Waals surface area contributed by atoms with Crippen LogP contribution in [0.15, 0.2) is 36.4 Å². The lowest BCUT2D eigenvalue weighted by Crippen LogP contribution is -2.29. The van der Waals surface area contributed by atoms with Crippen LogP contribution >= 0.6 is 15.9 Å². The van der Waals surface area contributed by atoms with E-state index in [1.54, 1.807) is 24.3 Å². The molecule has 0 radical (unpaired) electrons. The van der Waals surface area contributed by atoms with Crippen LogP contribution in [0.25, 0.3) is 0 Å². The Hall–Kier alpha value is -1.50. The van der Waals surface area contributed by atoms with Crippen molar-refractivity contribution in [1.82, 2.24) is 0 Å². The van der Waals surface area contributed by atoms with E-state index in [2.05, 4.69) is 15.9 Å². The highest BCUT2D eigenvalue weighted by molar-refractivity contribution is 9.09. The zero-order valence-electron chi connectivity index (χ0n) is 10.6. The Morgan fingerprint density at radius 1 is 1.05 bits per heavy atom. The van der Waals surface area contributed by atoms with Crippen LogP contribution in [0.3, 0.4) is 0 Å². The number of hydrogen-bond donors (Lipinski definition) is 2. The fraction of sp³-hybridized carbons (Fsp3) is 0.286. The van der Waals surface area contributed by atoms with E-state index in [1.807, 2.05) is 0 Å². The molecule has 20 heavy (non-hydrogen) atoms. The van der Waals surface area contributed by atoms with Gasteiger partial charge in [-0.05, 0) is 24.1 Å². The second-order valence-corrected chi connectivity index (χ2v) is 5.22. The van der Waals surface area contributed by atoms with Crippen LogP contribution in [0.1, 0.15) is 18.1 Å². The fourth-order valence-electron chi connectivity index (χ4n) is 1.97. The monoisotopic (exact) mass is 339 g/mol. The van der Waals surface area contributed by atoms with Crippen molar-refractivity contribution in [3.8, 4) is 0 Å². The van der Waals surface area contributed by atoms with E-state index in [0.29, 0.717) is 23.0 Å². The van der Waals surface area contributed by atoms with Crippen molar-refractivity contribution in [2.75, 3.05) is 10.2 Å². The van der Waals surface area contributed by atoms with E-state index in [-0.39, 0.29) is 11.8 Å². The Morgan fingerprint density at radius 2 is 1.60 bits per heavy atom. The van der Waals surface area contributed by atoms with Gasteiger partial charge in [0.2, 0.25) is 0 Å². The number of aliphatic hydroxyl groups excluding tert-OH is 2. The molecule has 1 aromatic rings. The number of hydrogen-bond acceptors (Lipinski definition) is 4. The Balaban J connectivity index is 2.14. The summed E-state index contributed by atoms with van der Waals surface area (Å²) < 4.78 is 0. The van der Waals surface area contributed by atoms with Crippen molar-refractivity contribution >= 4 is 33.4 Å². The molecule has 2 atom stereocenters. The number of benzene rings is 1. The normalized spacial score (nSPS) is 17.6. The van der Waals surface area contributed by atoms with Crippen molar-refractivity contribution in [2.45, 2.75) is 18.6 Å². The second kappa shape index (κ2) is 6.30. The van der Waals surface area contributed by atoms with Gasteiger partial charge in [-0.15, -0.1) is 0 Å². The quantitative estimate of drug-likeness (QED) is 0.626. The summed E-state index contributed by atoms with van der Waals surface area (Å²) in [6.07, 6.45) is 0.993. The van der Waals surface area contributed by atoms with Gasteiger partial charge in [0.1, 0.15) is 6.10 Å². The maximum absolute atomic E-state index is 11.5. The first-order chi connectivity index (χ1) is 9.54. The van der Waals surface area contributed by atoms with Crippen LogP contribution in [0, 0.1) is 0 Å². The molecule has 1 aromatic carbocycles. The molecule has 2 N–H and O–H groups in total. The van der Waals surface area contributed by atoms with Gasteiger partial charge in [-0.25, -0.2) is 4.90 Å². The molecule has 0 saturated heterocycles. The van der Waals surface area contributed by atoms with Crippen molar-refractivity contribution < 1.29 is 19.8 Å². The molecule has 0 aliphatic carbocycles. The van der Waals surface area contributed by atoms with Crippen LogP contribution in [0.4, 0.5) is 5.69 Å². The van der Waals surface area contributed by atoms with Gasteiger partial charge in [-0.3, -0.25) is 9.59 Å². The molecule has 2 amide bonds. The minimum absolute atomic E-state index is 0.386. The van der Waals surface area contributed by atoms with Gasteiger partial charge in [0.15, 0.2) is 0 Å². The number of aliphatic hydroxyl groups is 2. The highest BCUT2D eigenvalue weighted by atomic mass is 79.9. The number of anilines is 1. The van der Waals surface area contributed by atoms with E-state index in [0.717, 1.165) is 4.90 Å². The van der Waals surface area contributed by atoms with Crippen molar-refractivity contribution in [1.29, 1.82) is 0 Å². The number of nitrogens with zero attached hydrogens (tertiary/aromatic N) is 1. The van der Waals surface area contributed by atoms with E-state index in [4.69, 9.17) is 0 Å². The topological polar surface area (TPSA) is 77.8 Å². The molecule has 2 unspecified atom stereocenters. The molecule has 6 heteroatoms. The van der Waals surface area contributed by atoms with E-state index < -0.39 is 12.2 Å². The molecule has 2 rings (SSSR count). The summed E-state index contributed by atoms with van der Waals surface area (Å²) in [5, 5.41) is 20.3. The van der Waals surface area contributed by atoms with Gasteiger partial charge >= 0.3 is 0 Å². The Bertz CT molecular complexity index is 523. The molecule has 0 aromatic heterocycles. The maximum Gasteiger partial charge on any atom is 0.258 e. The molecule has 1 aliphatic heterocycles. The molecule has 5 nitrogen and oxygen atoms in total. The minimum Gasteiger partial charge on any atom is -0.390 e. The van der Waals surface area contributed by atoms with E-state index in [1.165, 1.54) is 12.2 Å². The number of imide groups is 1. The number of amides is 2. The molecule has 0 saturated carbocycles. The van der Waals surface area contributed by atoms with Gasteiger partial charge < -0.3 is 10.2 Å². The summed E-state index contributed by atoms with van der Waals surface area (Å²) >= 11 is 3.20. The molecular weight excluding hydrogens is 326 g/mol. The molecule has 0 fully saturated rings. The van der Waals surface area contributed by atoms with Gasteiger partial charge in [-0.2, -0.15) is 0 Å². The Morgan fingerprint density at radius 3 is 2.10 bits per heavy atom. The SMILES string of the molecule is O=C1C=CC(=O)N1c1ccc(C(O)C(O)CCBr)cc1. The summed E-state index contributed by atoms with van der Waals surface area (Å²) in [4.78, 5) is 24.1. The van der Waals surface area contributed by atoms with Gasteiger partial charge in [0.05, 0.1) is 11.8 Å². The van der Waals surface area contributed by atoms with Crippen LogP contribution in [0.2, 0.25) is 0 Å². The number of alkyl halides is 1. The molecule has 1 heterocycles. The maximum atomic E-state index is 11.5. The lowest BCUT2D eigenvalue weighted by Gasteiger charge is -2.19. The molecule has 0 bridgehead atoms. The van der Waals surface area contributed by atoms with E-state index >= 15 is 0 Å². The highest BCUT2D eigenvalue weighted by Crippen LogP contribution is 2.24. The van der Waals surface area contributed by atoms with Crippen LogP contribution in [-0.4, -0.2) is 33.5 Å². The highest BCUT2D eigenvalue weighted by Gasteiger charge is 2.25. The molecule has 106 valence electrons. The second-order valence-electron chi connectivity index (χ2n) is 4.43. The average molecular weight is 340 g/mol. The van der Waals surface area contributed by atoms with Crippen LogP contribution in [0.5, 0.6) is 0 Å². The third-order valence-corrected chi connectivity index (χ3v) is 3.53. The number of rotatable bonds is 5. The summed E-state index contributed by atoms with van der Waals surface area (Å²) in [6.45, 7) is 0. The largest absolute Gasteiger partial charge is 0.390 e. The predicted octanol–water partition coefficient (Wildman–Crippen LogP) is 1.30. The van der Waals surface area contributed by atoms with Gasteiger partial charge in [-0.1, -0.05) is 28.1 Å².